The summed E-state index contributed by atoms with van der Waals surface area (Å²) < 4.78 is 27.0. The Bertz CT molecular complexity index is 598. The van der Waals surface area contributed by atoms with Crippen LogP contribution in [0.15, 0.2) is 17.0 Å². The number of benzene rings is 1. The van der Waals surface area contributed by atoms with Gasteiger partial charge in [-0.15, -0.1) is 0 Å². The molecule has 2 unspecified atom stereocenters. The molecule has 0 aromatic heterocycles. The highest BCUT2D eigenvalue weighted by molar-refractivity contribution is 7.89. The van der Waals surface area contributed by atoms with E-state index in [1.807, 2.05) is 13.8 Å². The number of sulfonamides is 1. The maximum atomic E-state index is 12.8. The molecule has 1 aliphatic rings. The molecule has 0 saturated carbocycles. The van der Waals surface area contributed by atoms with Crippen LogP contribution in [0.1, 0.15) is 13.8 Å². The predicted molar refractivity (Wildman–Crippen MR) is 82.3 cm³/mol. The highest BCUT2D eigenvalue weighted by Crippen LogP contribution is 2.35. The van der Waals surface area contributed by atoms with Gasteiger partial charge in [0.2, 0.25) is 10.0 Å². The normalized spacial score (nSPS) is 24.9. The summed E-state index contributed by atoms with van der Waals surface area (Å²) in [7, 11) is -3.75. The Morgan fingerprint density at radius 2 is 1.75 bits per heavy atom. The van der Waals surface area contributed by atoms with Gasteiger partial charge in [-0.05, 0) is 26.0 Å². The number of hydrogen-bond acceptors (Lipinski definition) is 3. The molecule has 0 bridgehead atoms. The first-order chi connectivity index (χ1) is 9.25. The van der Waals surface area contributed by atoms with Crippen molar-refractivity contribution in [3.63, 3.8) is 0 Å². The number of halogens is 3. The molecule has 0 amide bonds. The first-order valence-corrected chi connectivity index (χ1v) is 8.72. The van der Waals surface area contributed by atoms with Crippen molar-refractivity contribution in [3.05, 3.63) is 27.2 Å². The van der Waals surface area contributed by atoms with Crippen molar-refractivity contribution in [2.24, 2.45) is 0 Å². The van der Waals surface area contributed by atoms with Crippen LogP contribution in [0.2, 0.25) is 15.1 Å². The predicted octanol–water partition coefficient (Wildman–Crippen LogP) is 3.02. The SMILES string of the molecule is CC1NCCN(S(=O)(=O)c2c(Cl)cc(Cl)cc2Cl)C1C. The Morgan fingerprint density at radius 1 is 1.20 bits per heavy atom. The minimum Gasteiger partial charge on any atom is -0.311 e. The van der Waals surface area contributed by atoms with Gasteiger partial charge in [0.15, 0.2) is 0 Å². The molecule has 2 rings (SSSR count). The second kappa shape index (κ2) is 5.99. The van der Waals surface area contributed by atoms with E-state index in [4.69, 9.17) is 34.8 Å². The number of piperazine rings is 1. The first-order valence-electron chi connectivity index (χ1n) is 6.15. The van der Waals surface area contributed by atoms with E-state index in [1.165, 1.54) is 16.4 Å². The van der Waals surface area contributed by atoms with Crippen LogP contribution in [-0.2, 0) is 10.0 Å². The van der Waals surface area contributed by atoms with Gasteiger partial charge in [0.05, 0.1) is 10.0 Å². The Kier molecular flexibility index (Phi) is 4.89. The van der Waals surface area contributed by atoms with E-state index < -0.39 is 10.0 Å². The molecule has 0 aliphatic carbocycles. The first kappa shape index (κ1) is 16.3. The molecule has 112 valence electrons. The van der Waals surface area contributed by atoms with Crippen LogP contribution in [0.25, 0.3) is 0 Å². The summed E-state index contributed by atoms with van der Waals surface area (Å²) in [5.41, 5.74) is 0. The van der Waals surface area contributed by atoms with E-state index in [1.54, 1.807) is 0 Å². The van der Waals surface area contributed by atoms with Gasteiger partial charge in [0, 0.05) is 30.2 Å². The van der Waals surface area contributed by atoms with E-state index in [-0.39, 0.29) is 27.0 Å². The largest absolute Gasteiger partial charge is 0.311 e. The molecule has 4 nitrogen and oxygen atoms in total. The van der Waals surface area contributed by atoms with Crippen LogP contribution < -0.4 is 5.32 Å². The second-order valence-electron chi connectivity index (χ2n) is 4.80. The molecule has 1 fully saturated rings. The maximum Gasteiger partial charge on any atom is 0.246 e. The Labute approximate surface area is 134 Å². The molecule has 8 heteroatoms. The van der Waals surface area contributed by atoms with Gasteiger partial charge >= 0.3 is 0 Å². The lowest BCUT2D eigenvalue weighted by Crippen LogP contribution is -2.57. The van der Waals surface area contributed by atoms with Crippen LogP contribution in [0.5, 0.6) is 0 Å². The van der Waals surface area contributed by atoms with Crippen LogP contribution in [0.4, 0.5) is 0 Å². The Hall–Kier alpha value is -0.0400. The minimum atomic E-state index is -3.75. The zero-order chi connectivity index (χ0) is 15.1. The summed E-state index contributed by atoms with van der Waals surface area (Å²) in [4.78, 5) is -0.0776. The van der Waals surface area contributed by atoms with Crippen molar-refractivity contribution >= 4 is 44.8 Å². The summed E-state index contributed by atoms with van der Waals surface area (Å²) in [5, 5.41) is 3.62. The average Bonchev–Trinajstić information content (AvgIpc) is 2.30. The van der Waals surface area contributed by atoms with E-state index in [0.29, 0.717) is 18.1 Å². The van der Waals surface area contributed by atoms with Gasteiger partial charge in [0.25, 0.3) is 0 Å². The van der Waals surface area contributed by atoms with E-state index in [0.717, 1.165) is 0 Å². The van der Waals surface area contributed by atoms with Crippen LogP contribution >= 0.6 is 34.8 Å². The maximum absolute atomic E-state index is 12.8. The smallest absolute Gasteiger partial charge is 0.246 e. The fourth-order valence-corrected chi connectivity index (χ4v) is 5.46. The third kappa shape index (κ3) is 2.93. The standard InChI is InChI=1S/C12H15Cl3N2O2S/c1-7-8(2)17(4-3-16-7)20(18,19)12-10(14)5-9(13)6-11(12)15/h5-8,16H,3-4H2,1-2H3. The fourth-order valence-electron chi connectivity index (χ4n) is 2.26. The molecular formula is C12H15Cl3N2O2S. The lowest BCUT2D eigenvalue weighted by atomic mass is 10.1. The van der Waals surface area contributed by atoms with E-state index in [9.17, 15) is 8.42 Å². The monoisotopic (exact) mass is 356 g/mol. The number of nitrogens with zero attached hydrogens (tertiary/aromatic N) is 1. The lowest BCUT2D eigenvalue weighted by molar-refractivity contribution is 0.233. The van der Waals surface area contributed by atoms with Crippen molar-refractivity contribution in [1.29, 1.82) is 0 Å². The summed E-state index contributed by atoms with van der Waals surface area (Å²) in [6, 6.07) is 2.65. The van der Waals surface area contributed by atoms with Crippen molar-refractivity contribution in [1.82, 2.24) is 9.62 Å². The number of rotatable bonds is 2. The highest BCUT2D eigenvalue weighted by Gasteiger charge is 2.36. The molecule has 1 saturated heterocycles. The second-order valence-corrected chi connectivity index (χ2v) is 7.88. The van der Waals surface area contributed by atoms with Gasteiger partial charge in [-0.1, -0.05) is 34.8 Å². The number of hydrogen-bond donors (Lipinski definition) is 1. The van der Waals surface area contributed by atoms with Crippen molar-refractivity contribution in [3.8, 4) is 0 Å². The minimum absolute atomic E-state index is 0.0425. The number of nitrogens with one attached hydrogen (secondary N) is 1. The van der Waals surface area contributed by atoms with Crippen molar-refractivity contribution in [2.45, 2.75) is 30.8 Å². The quantitative estimate of drug-likeness (QED) is 0.885. The van der Waals surface area contributed by atoms with Gasteiger partial charge < -0.3 is 5.32 Å². The molecule has 1 N–H and O–H groups in total. The van der Waals surface area contributed by atoms with Crippen molar-refractivity contribution < 1.29 is 8.42 Å². The van der Waals surface area contributed by atoms with E-state index in [2.05, 4.69) is 5.32 Å². The van der Waals surface area contributed by atoms with E-state index >= 15 is 0 Å². The topological polar surface area (TPSA) is 49.4 Å². The van der Waals surface area contributed by atoms with Gasteiger partial charge in [-0.25, -0.2) is 8.42 Å². The van der Waals surface area contributed by atoms with Crippen molar-refractivity contribution in [2.75, 3.05) is 13.1 Å². The van der Waals surface area contributed by atoms with Gasteiger partial charge in [-0.3, -0.25) is 0 Å². The molecule has 1 aromatic carbocycles. The Balaban J connectivity index is 2.50. The lowest BCUT2D eigenvalue weighted by Gasteiger charge is -2.37. The molecule has 1 heterocycles. The summed E-state index contributed by atoms with van der Waals surface area (Å²) in [6.07, 6.45) is 0. The summed E-state index contributed by atoms with van der Waals surface area (Å²) >= 11 is 17.9. The summed E-state index contributed by atoms with van der Waals surface area (Å²) in [5.74, 6) is 0. The molecular weight excluding hydrogens is 343 g/mol. The Morgan fingerprint density at radius 3 is 2.30 bits per heavy atom. The third-order valence-corrected chi connectivity index (χ3v) is 6.63. The molecule has 2 atom stereocenters. The van der Waals surface area contributed by atoms with Crippen LogP contribution in [-0.4, -0.2) is 37.9 Å². The van der Waals surface area contributed by atoms with Crippen LogP contribution in [0.3, 0.4) is 0 Å². The summed E-state index contributed by atoms with van der Waals surface area (Å²) in [6.45, 7) is 4.76. The average molecular weight is 358 g/mol. The molecule has 1 aliphatic heterocycles. The zero-order valence-electron chi connectivity index (χ0n) is 11.0. The molecule has 0 spiro atoms. The van der Waals surface area contributed by atoms with Crippen LogP contribution in [0, 0.1) is 0 Å². The zero-order valence-corrected chi connectivity index (χ0v) is 14.1. The molecule has 1 aromatic rings. The molecule has 20 heavy (non-hydrogen) atoms. The fraction of sp³-hybridized carbons (Fsp3) is 0.500. The molecule has 0 radical (unpaired) electrons. The highest BCUT2D eigenvalue weighted by atomic mass is 35.5. The third-order valence-electron chi connectivity index (χ3n) is 3.51. The van der Waals surface area contributed by atoms with Gasteiger partial charge in [0.1, 0.15) is 4.90 Å². The van der Waals surface area contributed by atoms with Gasteiger partial charge in [-0.2, -0.15) is 4.31 Å².